The van der Waals surface area contributed by atoms with Crippen molar-refractivity contribution in [3.05, 3.63) is 0 Å². The van der Waals surface area contributed by atoms with E-state index in [2.05, 4.69) is 12.2 Å². The normalized spacial score (nSPS) is 34.8. The van der Waals surface area contributed by atoms with Gasteiger partial charge in [-0.05, 0) is 17.9 Å². The molecule has 0 aromatic heterocycles. The summed E-state index contributed by atoms with van der Waals surface area (Å²) >= 11 is 1.89. The second-order valence-corrected chi connectivity index (χ2v) is 4.85. The van der Waals surface area contributed by atoms with Gasteiger partial charge in [-0.15, -0.1) is 0 Å². The minimum atomic E-state index is -0.374. The molecule has 0 aliphatic carbocycles. The highest BCUT2D eigenvalue weighted by Crippen LogP contribution is 2.14. The number of rotatable bonds is 4. The van der Waals surface area contributed by atoms with E-state index in [-0.39, 0.29) is 18.2 Å². The van der Waals surface area contributed by atoms with Gasteiger partial charge in [-0.1, -0.05) is 6.92 Å². The number of aliphatic hydroxyl groups excluding tert-OH is 2. The standard InChI is InChI=1S/C9H19NO2S/c1-2-13-4-3-8-9(12)5-7(11)6-10-8/h7-12H,2-6H2,1H3. The maximum absolute atomic E-state index is 9.61. The monoisotopic (exact) mass is 205 g/mol. The maximum atomic E-state index is 9.61. The molecule has 3 nitrogen and oxygen atoms in total. The van der Waals surface area contributed by atoms with Gasteiger partial charge >= 0.3 is 0 Å². The summed E-state index contributed by atoms with van der Waals surface area (Å²) in [7, 11) is 0. The van der Waals surface area contributed by atoms with E-state index in [0.29, 0.717) is 13.0 Å². The summed E-state index contributed by atoms with van der Waals surface area (Å²) in [4.78, 5) is 0. The molecule has 0 bridgehead atoms. The Labute approximate surface area is 83.9 Å². The lowest BCUT2D eigenvalue weighted by Gasteiger charge is -2.31. The molecule has 0 spiro atoms. The molecule has 3 unspecified atom stereocenters. The summed E-state index contributed by atoms with van der Waals surface area (Å²) in [5, 5.41) is 22.0. The highest BCUT2D eigenvalue weighted by molar-refractivity contribution is 7.99. The average Bonchev–Trinajstić information content (AvgIpc) is 2.09. The molecule has 1 saturated heterocycles. The Balaban J connectivity index is 2.18. The molecule has 0 aromatic carbocycles. The first kappa shape index (κ1) is 11.3. The summed E-state index contributed by atoms with van der Waals surface area (Å²) < 4.78 is 0. The Morgan fingerprint density at radius 1 is 1.46 bits per heavy atom. The molecule has 1 rings (SSSR count). The summed E-state index contributed by atoms with van der Waals surface area (Å²) in [6, 6.07) is 0.183. The average molecular weight is 205 g/mol. The second kappa shape index (κ2) is 5.86. The van der Waals surface area contributed by atoms with Crippen LogP contribution in [0.3, 0.4) is 0 Å². The minimum absolute atomic E-state index is 0.183. The van der Waals surface area contributed by atoms with Crippen molar-refractivity contribution in [2.24, 2.45) is 0 Å². The van der Waals surface area contributed by atoms with Gasteiger partial charge in [-0.25, -0.2) is 0 Å². The van der Waals surface area contributed by atoms with E-state index in [0.717, 1.165) is 17.9 Å². The van der Waals surface area contributed by atoms with Crippen molar-refractivity contribution in [3.63, 3.8) is 0 Å². The zero-order valence-electron chi connectivity index (χ0n) is 8.07. The molecule has 0 radical (unpaired) electrons. The van der Waals surface area contributed by atoms with Crippen molar-refractivity contribution >= 4 is 11.8 Å². The lowest BCUT2D eigenvalue weighted by atomic mass is 9.98. The van der Waals surface area contributed by atoms with Crippen molar-refractivity contribution in [3.8, 4) is 0 Å². The van der Waals surface area contributed by atoms with E-state index in [1.807, 2.05) is 11.8 Å². The fourth-order valence-corrected chi connectivity index (χ4v) is 2.31. The minimum Gasteiger partial charge on any atom is -0.392 e. The third kappa shape index (κ3) is 3.85. The van der Waals surface area contributed by atoms with Crippen molar-refractivity contribution in [1.82, 2.24) is 5.32 Å². The molecule has 0 saturated carbocycles. The van der Waals surface area contributed by atoms with Crippen molar-refractivity contribution < 1.29 is 10.2 Å². The number of aliphatic hydroxyl groups is 2. The molecule has 1 fully saturated rings. The van der Waals surface area contributed by atoms with Crippen LogP contribution in [0.5, 0.6) is 0 Å². The summed E-state index contributed by atoms with van der Waals surface area (Å²) in [5.74, 6) is 2.22. The van der Waals surface area contributed by atoms with Crippen molar-refractivity contribution in [2.45, 2.75) is 38.0 Å². The van der Waals surface area contributed by atoms with Crippen molar-refractivity contribution in [1.29, 1.82) is 0 Å². The molecule has 1 heterocycles. The van der Waals surface area contributed by atoms with Crippen LogP contribution in [0.2, 0.25) is 0 Å². The molecule has 0 amide bonds. The molecule has 78 valence electrons. The summed E-state index contributed by atoms with van der Waals surface area (Å²) in [6.45, 7) is 2.76. The van der Waals surface area contributed by atoms with Crippen LogP contribution < -0.4 is 5.32 Å². The molecule has 1 aliphatic rings. The van der Waals surface area contributed by atoms with Crippen LogP contribution in [0.15, 0.2) is 0 Å². The molecule has 13 heavy (non-hydrogen) atoms. The van der Waals surface area contributed by atoms with Gasteiger partial charge in [-0.3, -0.25) is 0 Å². The summed E-state index contributed by atoms with van der Waals surface area (Å²) in [6.07, 6.45) is 0.771. The predicted molar refractivity (Wildman–Crippen MR) is 56.0 cm³/mol. The SMILES string of the molecule is CCSCCC1NCC(O)CC1O. The Hall–Kier alpha value is 0.230. The van der Waals surface area contributed by atoms with Crippen molar-refractivity contribution in [2.75, 3.05) is 18.1 Å². The lowest BCUT2D eigenvalue weighted by molar-refractivity contribution is 0.0223. The van der Waals surface area contributed by atoms with E-state index in [9.17, 15) is 10.2 Å². The smallest absolute Gasteiger partial charge is 0.0718 e. The van der Waals surface area contributed by atoms with Crippen LogP contribution >= 0.6 is 11.8 Å². The number of thioether (sulfide) groups is 1. The van der Waals surface area contributed by atoms with E-state index >= 15 is 0 Å². The van der Waals surface area contributed by atoms with E-state index in [1.54, 1.807) is 0 Å². The van der Waals surface area contributed by atoms with Gasteiger partial charge in [0.15, 0.2) is 0 Å². The Morgan fingerprint density at radius 2 is 2.23 bits per heavy atom. The second-order valence-electron chi connectivity index (χ2n) is 3.46. The third-order valence-corrected chi connectivity index (χ3v) is 3.30. The highest BCUT2D eigenvalue weighted by atomic mass is 32.2. The van der Waals surface area contributed by atoms with Crippen LogP contribution in [0.25, 0.3) is 0 Å². The lowest BCUT2D eigenvalue weighted by Crippen LogP contribution is -2.50. The number of nitrogens with one attached hydrogen (secondary N) is 1. The zero-order chi connectivity index (χ0) is 9.68. The predicted octanol–water partition coefficient (Wildman–Crippen LogP) is 0.213. The molecule has 4 heteroatoms. The van der Waals surface area contributed by atoms with E-state index < -0.39 is 0 Å². The van der Waals surface area contributed by atoms with E-state index in [4.69, 9.17) is 0 Å². The van der Waals surface area contributed by atoms with Gasteiger partial charge in [0.1, 0.15) is 0 Å². The number of hydrogen-bond donors (Lipinski definition) is 3. The largest absolute Gasteiger partial charge is 0.392 e. The molecule has 1 aliphatic heterocycles. The topological polar surface area (TPSA) is 52.5 Å². The van der Waals surface area contributed by atoms with Crippen LogP contribution in [-0.2, 0) is 0 Å². The van der Waals surface area contributed by atoms with Gasteiger partial charge in [0, 0.05) is 19.0 Å². The van der Waals surface area contributed by atoms with Gasteiger partial charge in [0.25, 0.3) is 0 Å². The summed E-state index contributed by atoms with van der Waals surface area (Å²) in [5.41, 5.74) is 0. The molecule has 0 aromatic rings. The first-order valence-corrected chi connectivity index (χ1v) is 6.06. The fourth-order valence-electron chi connectivity index (χ4n) is 1.60. The van der Waals surface area contributed by atoms with Gasteiger partial charge in [-0.2, -0.15) is 11.8 Å². The molecular formula is C9H19NO2S. The van der Waals surface area contributed by atoms with Crippen LogP contribution in [0.1, 0.15) is 19.8 Å². The molecular weight excluding hydrogens is 186 g/mol. The van der Waals surface area contributed by atoms with Gasteiger partial charge in [0.05, 0.1) is 12.2 Å². The first-order valence-electron chi connectivity index (χ1n) is 4.91. The van der Waals surface area contributed by atoms with Gasteiger partial charge in [0.2, 0.25) is 0 Å². The zero-order valence-corrected chi connectivity index (χ0v) is 8.89. The molecule has 3 atom stereocenters. The fraction of sp³-hybridized carbons (Fsp3) is 1.00. The first-order chi connectivity index (χ1) is 6.24. The van der Waals surface area contributed by atoms with Crippen LogP contribution in [0, 0.1) is 0 Å². The Bertz CT molecular complexity index is 146. The van der Waals surface area contributed by atoms with Crippen LogP contribution in [0.4, 0.5) is 0 Å². The molecule has 3 N–H and O–H groups in total. The van der Waals surface area contributed by atoms with E-state index in [1.165, 1.54) is 0 Å². The quantitative estimate of drug-likeness (QED) is 0.574. The Morgan fingerprint density at radius 3 is 2.85 bits per heavy atom. The third-order valence-electron chi connectivity index (χ3n) is 2.37. The number of β-amino-alcohol motifs (C(OH)–C–C–N with tert-alkyl or cyclic N) is 1. The Kier molecular flexibility index (Phi) is 5.09. The number of piperidine rings is 1. The van der Waals surface area contributed by atoms with Crippen LogP contribution in [-0.4, -0.2) is 46.5 Å². The highest BCUT2D eigenvalue weighted by Gasteiger charge is 2.26. The number of hydrogen-bond acceptors (Lipinski definition) is 4. The maximum Gasteiger partial charge on any atom is 0.0718 e. The van der Waals surface area contributed by atoms with Gasteiger partial charge < -0.3 is 15.5 Å².